The summed E-state index contributed by atoms with van der Waals surface area (Å²) in [5.41, 5.74) is 2.51. The first-order chi connectivity index (χ1) is 11.0. The van der Waals surface area contributed by atoms with Gasteiger partial charge in [-0.05, 0) is 56.2 Å². The van der Waals surface area contributed by atoms with E-state index in [4.69, 9.17) is 0 Å². The molecule has 1 saturated carbocycles. The Balaban J connectivity index is 1.64. The molecule has 124 valence electrons. The molecule has 1 heterocycles. The lowest BCUT2D eigenvalue weighted by Crippen LogP contribution is -2.40. The first-order valence-corrected chi connectivity index (χ1v) is 8.50. The normalized spacial score (nSPS) is 18.6. The predicted octanol–water partition coefficient (Wildman–Crippen LogP) is 3.61. The first-order valence-electron chi connectivity index (χ1n) is 8.50. The Labute approximate surface area is 137 Å². The third kappa shape index (κ3) is 4.03. The Hall–Kier alpha value is -2.04. The van der Waals surface area contributed by atoms with E-state index >= 15 is 0 Å². The number of hydrogen-bond acceptors (Lipinski definition) is 2. The van der Waals surface area contributed by atoms with Crippen molar-refractivity contribution in [3.63, 3.8) is 0 Å². The molecule has 2 fully saturated rings. The van der Waals surface area contributed by atoms with Crippen molar-refractivity contribution in [2.24, 2.45) is 11.8 Å². The lowest BCUT2D eigenvalue weighted by Gasteiger charge is -2.30. The van der Waals surface area contributed by atoms with E-state index in [1.165, 1.54) is 0 Å². The highest BCUT2D eigenvalue weighted by molar-refractivity contribution is 5.96. The van der Waals surface area contributed by atoms with Crippen molar-refractivity contribution >= 4 is 23.3 Å². The molecule has 2 N–H and O–H groups in total. The van der Waals surface area contributed by atoms with E-state index < -0.39 is 0 Å². The van der Waals surface area contributed by atoms with Gasteiger partial charge in [0.2, 0.25) is 5.91 Å². The number of anilines is 2. The molecule has 3 rings (SSSR count). The van der Waals surface area contributed by atoms with E-state index in [0.717, 1.165) is 55.7 Å². The van der Waals surface area contributed by atoms with E-state index in [-0.39, 0.29) is 17.9 Å². The molecule has 23 heavy (non-hydrogen) atoms. The molecule has 0 unspecified atom stereocenters. The summed E-state index contributed by atoms with van der Waals surface area (Å²) in [5, 5.41) is 5.92. The van der Waals surface area contributed by atoms with Crippen LogP contribution in [0.5, 0.6) is 0 Å². The van der Waals surface area contributed by atoms with Gasteiger partial charge in [0.25, 0.3) is 0 Å². The predicted molar refractivity (Wildman–Crippen MR) is 91.5 cm³/mol. The van der Waals surface area contributed by atoms with Gasteiger partial charge in [0.05, 0.1) is 0 Å². The number of nitrogens with zero attached hydrogens (tertiary/aromatic N) is 1. The van der Waals surface area contributed by atoms with Gasteiger partial charge in [-0.3, -0.25) is 4.79 Å². The van der Waals surface area contributed by atoms with E-state index in [9.17, 15) is 9.59 Å². The van der Waals surface area contributed by atoms with Crippen molar-refractivity contribution < 1.29 is 9.59 Å². The number of amides is 3. The molecule has 1 aliphatic carbocycles. The molecule has 0 aromatic heterocycles. The molecule has 1 aromatic rings. The maximum absolute atomic E-state index is 12.4. The standard InChI is InChI=1S/C18H25N3O2/c1-12-7-9-21(10-8-12)18(23)20-16-11-15(6-3-13(16)2)19-17(22)14-4-5-14/h3,6,11-12,14H,4-5,7-10H2,1-2H3,(H,19,22)(H,20,23). The molecule has 0 atom stereocenters. The number of carbonyl (C=O) groups excluding carboxylic acids is 2. The average molecular weight is 315 g/mol. The molecule has 0 bridgehead atoms. The fourth-order valence-electron chi connectivity index (χ4n) is 2.83. The zero-order chi connectivity index (χ0) is 16.4. The van der Waals surface area contributed by atoms with Crippen LogP contribution in [0.3, 0.4) is 0 Å². The zero-order valence-corrected chi connectivity index (χ0v) is 13.9. The highest BCUT2D eigenvalue weighted by Gasteiger charge is 2.29. The third-order valence-electron chi connectivity index (χ3n) is 4.77. The van der Waals surface area contributed by atoms with Crippen molar-refractivity contribution in [3.8, 4) is 0 Å². The summed E-state index contributed by atoms with van der Waals surface area (Å²) < 4.78 is 0. The number of urea groups is 1. The minimum Gasteiger partial charge on any atom is -0.326 e. The van der Waals surface area contributed by atoms with Crippen LogP contribution in [0.2, 0.25) is 0 Å². The largest absolute Gasteiger partial charge is 0.326 e. The molecule has 0 radical (unpaired) electrons. The monoisotopic (exact) mass is 315 g/mol. The molecular formula is C18H25N3O2. The SMILES string of the molecule is Cc1ccc(NC(=O)C2CC2)cc1NC(=O)N1CCC(C)CC1. The highest BCUT2D eigenvalue weighted by atomic mass is 16.2. The Morgan fingerprint density at radius 1 is 1.09 bits per heavy atom. The van der Waals surface area contributed by atoms with Gasteiger partial charge in [0, 0.05) is 30.4 Å². The summed E-state index contributed by atoms with van der Waals surface area (Å²) in [6, 6.07) is 5.61. The van der Waals surface area contributed by atoms with E-state index in [2.05, 4.69) is 17.6 Å². The Morgan fingerprint density at radius 2 is 1.78 bits per heavy atom. The van der Waals surface area contributed by atoms with E-state index in [0.29, 0.717) is 5.92 Å². The Kier molecular flexibility index (Phi) is 4.55. The van der Waals surface area contributed by atoms with Crippen LogP contribution in [0.15, 0.2) is 18.2 Å². The molecule has 0 spiro atoms. The number of likely N-dealkylation sites (tertiary alicyclic amines) is 1. The summed E-state index contributed by atoms with van der Waals surface area (Å²) in [6.07, 6.45) is 4.08. The summed E-state index contributed by atoms with van der Waals surface area (Å²) in [7, 11) is 0. The van der Waals surface area contributed by atoms with Gasteiger partial charge in [-0.15, -0.1) is 0 Å². The summed E-state index contributed by atoms with van der Waals surface area (Å²) in [6.45, 7) is 5.81. The second-order valence-corrected chi connectivity index (χ2v) is 6.89. The van der Waals surface area contributed by atoms with Crippen LogP contribution >= 0.6 is 0 Å². The van der Waals surface area contributed by atoms with Crippen LogP contribution < -0.4 is 10.6 Å². The second kappa shape index (κ2) is 6.60. The number of rotatable bonds is 3. The van der Waals surface area contributed by atoms with Crippen molar-refractivity contribution in [1.82, 2.24) is 4.90 Å². The molecule has 2 aliphatic rings. The first kappa shape index (κ1) is 15.8. The third-order valence-corrected chi connectivity index (χ3v) is 4.77. The van der Waals surface area contributed by atoms with Crippen LogP contribution in [0.4, 0.5) is 16.2 Å². The van der Waals surface area contributed by atoms with Crippen molar-refractivity contribution in [2.75, 3.05) is 23.7 Å². The van der Waals surface area contributed by atoms with Gasteiger partial charge in [-0.2, -0.15) is 0 Å². The number of aryl methyl sites for hydroxylation is 1. The van der Waals surface area contributed by atoms with Gasteiger partial charge in [0.15, 0.2) is 0 Å². The van der Waals surface area contributed by atoms with Crippen molar-refractivity contribution in [1.29, 1.82) is 0 Å². The van der Waals surface area contributed by atoms with Crippen LogP contribution in [0, 0.1) is 18.8 Å². The zero-order valence-electron chi connectivity index (χ0n) is 13.9. The van der Waals surface area contributed by atoms with Crippen LogP contribution in [0.1, 0.15) is 38.2 Å². The van der Waals surface area contributed by atoms with Gasteiger partial charge in [-0.1, -0.05) is 13.0 Å². The maximum atomic E-state index is 12.4. The maximum Gasteiger partial charge on any atom is 0.321 e. The molecular weight excluding hydrogens is 290 g/mol. The molecule has 1 aromatic carbocycles. The van der Waals surface area contributed by atoms with Crippen LogP contribution in [-0.4, -0.2) is 29.9 Å². The quantitative estimate of drug-likeness (QED) is 0.895. The number of piperidine rings is 1. The number of nitrogens with one attached hydrogen (secondary N) is 2. The van der Waals surface area contributed by atoms with Gasteiger partial charge >= 0.3 is 6.03 Å². The molecule has 5 nitrogen and oxygen atoms in total. The van der Waals surface area contributed by atoms with Crippen molar-refractivity contribution in [2.45, 2.75) is 39.5 Å². The molecule has 5 heteroatoms. The number of benzene rings is 1. The van der Waals surface area contributed by atoms with Gasteiger partial charge < -0.3 is 15.5 Å². The van der Waals surface area contributed by atoms with Gasteiger partial charge in [0.1, 0.15) is 0 Å². The number of hydrogen-bond donors (Lipinski definition) is 2. The summed E-state index contributed by atoms with van der Waals surface area (Å²) in [4.78, 5) is 26.1. The topological polar surface area (TPSA) is 61.4 Å². The van der Waals surface area contributed by atoms with Crippen LogP contribution in [-0.2, 0) is 4.79 Å². The average Bonchev–Trinajstić information content (AvgIpc) is 3.36. The lowest BCUT2D eigenvalue weighted by atomic mass is 10.00. The smallest absolute Gasteiger partial charge is 0.321 e. The fraction of sp³-hybridized carbons (Fsp3) is 0.556. The van der Waals surface area contributed by atoms with Crippen molar-refractivity contribution in [3.05, 3.63) is 23.8 Å². The second-order valence-electron chi connectivity index (χ2n) is 6.89. The minimum atomic E-state index is -0.0503. The van der Waals surface area contributed by atoms with E-state index in [1.807, 2.05) is 30.0 Å². The highest BCUT2D eigenvalue weighted by Crippen LogP contribution is 2.31. The summed E-state index contributed by atoms with van der Waals surface area (Å²) >= 11 is 0. The minimum absolute atomic E-state index is 0.0503. The molecule has 3 amide bonds. The Morgan fingerprint density at radius 3 is 2.43 bits per heavy atom. The fourth-order valence-corrected chi connectivity index (χ4v) is 2.83. The van der Waals surface area contributed by atoms with Crippen LogP contribution in [0.25, 0.3) is 0 Å². The lowest BCUT2D eigenvalue weighted by molar-refractivity contribution is -0.117. The number of carbonyl (C=O) groups is 2. The molecule has 1 saturated heterocycles. The molecule has 1 aliphatic heterocycles. The summed E-state index contributed by atoms with van der Waals surface area (Å²) in [5.74, 6) is 0.947. The van der Waals surface area contributed by atoms with E-state index in [1.54, 1.807) is 0 Å². The van der Waals surface area contributed by atoms with Gasteiger partial charge in [-0.25, -0.2) is 4.79 Å². The Bertz CT molecular complexity index is 602.